The van der Waals surface area contributed by atoms with Crippen LogP contribution in [0.4, 0.5) is 0 Å². The van der Waals surface area contributed by atoms with Gasteiger partial charge in [0.1, 0.15) is 22.9 Å². The van der Waals surface area contributed by atoms with Crippen molar-refractivity contribution in [3.8, 4) is 11.5 Å². The summed E-state index contributed by atoms with van der Waals surface area (Å²) in [7, 11) is 0. The number of ketones is 1. The van der Waals surface area contributed by atoms with Crippen molar-refractivity contribution in [3.05, 3.63) is 23.3 Å². The Morgan fingerprint density at radius 2 is 2.04 bits per heavy atom. The van der Waals surface area contributed by atoms with Crippen LogP contribution in [0.2, 0.25) is 0 Å². The number of carbonyl (C=O) groups is 1. The van der Waals surface area contributed by atoms with E-state index in [2.05, 4.69) is 40.7 Å². The summed E-state index contributed by atoms with van der Waals surface area (Å²) >= 11 is 0. The minimum absolute atomic E-state index is 0.00471. The molecule has 3 rings (SSSR count). The van der Waals surface area contributed by atoms with Gasteiger partial charge in [0, 0.05) is 30.2 Å². The van der Waals surface area contributed by atoms with E-state index in [-0.39, 0.29) is 22.9 Å². The molecule has 0 saturated heterocycles. The van der Waals surface area contributed by atoms with Crippen molar-refractivity contribution < 1.29 is 14.6 Å². The third-order valence-electron chi connectivity index (χ3n) is 6.36. The average Bonchev–Trinajstić information content (AvgIpc) is 2.51. The van der Waals surface area contributed by atoms with E-state index in [0.717, 1.165) is 42.6 Å². The van der Waals surface area contributed by atoms with E-state index >= 15 is 0 Å². The molecule has 0 bridgehead atoms. The molecule has 0 amide bonds. The first-order valence-corrected chi connectivity index (χ1v) is 9.74. The number of phenols is 1. The Labute approximate surface area is 151 Å². The molecule has 1 aromatic rings. The van der Waals surface area contributed by atoms with Gasteiger partial charge < -0.3 is 9.84 Å². The van der Waals surface area contributed by atoms with E-state index in [1.54, 1.807) is 0 Å². The van der Waals surface area contributed by atoms with Crippen LogP contribution in [0.3, 0.4) is 0 Å². The molecule has 2 aliphatic rings. The van der Waals surface area contributed by atoms with Crippen LogP contribution in [0.15, 0.2) is 12.1 Å². The molecule has 138 valence electrons. The second-order valence-corrected chi connectivity index (χ2v) is 9.09. The zero-order valence-corrected chi connectivity index (χ0v) is 16.3. The topological polar surface area (TPSA) is 46.5 Å². The van der Waals surface area contributed by atoms with Gasteiger partial charge in [-0.05, 0) is 49.8 Å². The molecule has 1 fully saturated rings. The minimum atomic E-state index is -0.309. The van der Waals surface area contributed by atoms with Gasteiger partial charge in [-0.2, -0.15) is 0 Å². The highest BCUT2D eigenvalue weighted by Crippen LogP contribution is 2.54. The molecule has 1 saturated carbocycles. The van der Waals surface area contributed by atoms with E-state index in [9.17, 15) is 9.90 Å². The zero-order chi connectivity index (χ0) is 18.4. The predicted molar refractivity (Wildman–Crippen MR) is 100 cm³/mol. The normalized spacial score (nSPS) is 25.1. The number of Topliss-reactive ketones (excluding diaryl/α,β-unsaturated/α-hetero) is 1. The van der Waals surface area contributed by atoms with Crippen LogP contribution in [0, 0.1) is 5.92 Å². The lowest BCUT2D eigenvalue weighted by Gasteiger charge is -2.47. The van der Waals surface area contributed by atoms with Crippen LogP contribution in [-0.2, 0) is 10.2 Å². The molecule has 1 aliphatic heterocycles. The van der Waals surface area contributed by atoms with Gasteiger partial charge in [0.15, 0.2) is 0 Å². The Morgan fingerprint density at radius 3 is 2.72 bits per heavy atom. The number of fused-ring (bicyclic) bond motifs is 3. The fourth-order valence-corrected chi connectivity index (χ4v) is 4.72. The Morgan fingerprint density at radius 1 is 1.32 bits per heavy atom. The SMILES string of the molecule is CCCCC(C)(C)c1cc(O)c2c(c1)OC(C)(C)[C@@H]1CCC(=O)C[C@@H]21. The molecule has 25 heavy (non-hydrogen) atoms. The number of hydrogen-bond acceptors (Lipinski definition) is 3. The highest BCUT2D eigenvalue weighted by Gasteiger charge is 2.47. The molecule has 0 unspecified atom stereocenters. The molecule has 0 aromatic heterocycles. The first-order chi connectivity index (χ1) is 11.7. The number of hydrogen-bond donors (Lipinski definition) is 1. The van der Waals surface area contributed by atoms with Crippen molar-refractivity contribution in [1.29, 1.82) is 0 Å². The molecule has 2 atom stereocenters. The number of phenolic OH excluding ortho intramolecular Hbond substituents is 1. The van der Waals surface area contributed by atoms with Crippen LogP contribution in [-0.4, -0.2) is 16.5 Å². The monoisotopic (exact) mass is 344 g/mol. The molecular weight excluding hydrogens is 312 g/mol. The Hall–Kier alpha value is -1.51. The van der Waals surface area contributed by atoms with E-state index < -0.39 is 0 Å². The van der Waals surface area contributed by atoms with Crippen molar-refractivity contribution in [1.82, 2.24) is 0 Å². The van der Waals surface area contributed by atoms with Crippen LogP contribution in [0.25, 0.3) is 0 Å². The fraction of sp³-hybridized carbons (Fsp3) is 0.682. The van der Waals surface area contributed by atoms with E-state index in [1.165, 1.54) is 0 Å². The first-order valence-electron chi connectivity index (χ1n) is 9.74. The number of aromatic hydroxyl groups is 1. The average molecular weight is 344 g/mol. The lowest BCUT2D eigenvalue weighted by molar-refractivity contribution is -0.124. The van der Waals surface area contributed by atoms with Gasteiger partial charge >= 0.3 is 0 Å². The summed E-state index contributed by atoms with van der Waals surface area (Å²) in [6, 6.07) is 4.02. The second-order valence-electron chi connectivity index (χ2n) is 9.09. The standard InChI is InChI=1S/C22H32O3/c1-6-7-10-21(2,3)14-11-18(24)20-16-13-15(23)8-9-17(16)22(4,5)25-19(20)12-14/h11-12,16-17,24H,6-10,13H2,1-5H3/t16-,17-/m1/s1. The van der Waals surface area contributed by atoms with Crippen LogP contribution in [0.1, 0.15) is 90.2 Å². The van der Waals surface area contributed by atoms with Gasteiger partial charge in [-0.15, -0.1) is 0 Å². The highest BCUT2D eigenvalue weighted by atomic mass is 16.5. The van der Waals surface area contributed by atoms with Crippen molar-refractivity contribution >= 4 is 5.78 Å². The summed E-state index contributed by atoms with van der Waals surface area (Å²) in [5, 5.41) is 10.8. The van der Waals surface area contributed by atoms with Crippen molar-refractivity contribution in [2.45, 2.75) is 90.1 Å². The number of benzene rings is 1. The lowest BCUT2D eigenvalue weighted by atomic mass is 9.66. The van der Waals surface area contributed by atoms with Gasteiger partial charge in [0.25, 0.3) is 0 Å². The maximum atomic E-state index is 12.1. The highest BCUT2D eigenvalue weighted by molar-refractivity contribution is 5.81. The summed E-state index contributed by atoms with van der Waals surface area (Å²) in [4.78, 5) is 12.1. The Balaban J connectivity index is 2.04. The van der Waals surface area contributed by atoms with Gasteiger partial charge in [-0.1, -0.05) is 33.6 Å². The van der Waals surface area contributed by atoms with E-state index in [4.69, 9.17) is 4.74 Å². The van der Waals surface area contributed by atoms with Crippen LogP contribution >= 0.6 is 0 Å². The molecule has 0 radical (unpaired) electrons. The van der Waals surface area contributed by atoms with Gasteiger partial charge in [-0.3, -0.25) is 4.79 Å². The van der Waals surface area contributed by atoms with Gasteiger partial charge in [0.05, 0.1) is 0 Å². The third kappa shape index (κ3) is 3.30. The summed E-state index contributed by atoms with van der Waals surface area (Å²) in [6.07, 6.45) is 5.41. The Kier molecular flexibility index (Phi) is 4.63. The van der Waals surface area contributed by atoms with Crippen LogP contribution in [0.5, 0.6) is 11.5 Å². The fourth-order valence-electron chi connectivity index (χ4n) is 4.72. The molecule has 3 nitrogen and oxygen atoms in total. The summed E-state index contributed by atoms with van der Waals surface area (Å²) in [6.45, 7) is 10.9. The molecule has 1 aliphatic carbocycles. The van der Waals surface area contributed by atoms with Crippen molar-refractivity contribution in [2.75, 3.05) is 0 Å². The number of rotatable bonds is 4. The maximum absolute atomic E-state index is 12.1. The molecule has 3 heteroatoms. The zero-order valence-electron chi connectivity index (χ0n) is 16.3. The van der Waals surface area contributed by atoms with E-state index in [1.807, 2.05) is 6.07 Å². The second kappa shape index (κ2) is 6.34. The summed E-state index contributed by atoms with van der Waals surface area (Å²) in [5.41, 5.74) is 1.66. The smallest absolute Gasteiger partial charge is 0.133 e. The number of unbranched alkanes of at least 4 members (excludes halogenated alkanes) is 1. The summed E-state index contributed by atoms with van der Waals surface area (Å²) in [5.74, 6) is 1.74. The van der Waals surface area contributed by atoms with Crippen molar-refractivity contribution in [3.63, 3.8) is 0 Å². The molecule has 1 N–H and O–H groups in total. The van der Waals surface area contributed by atoms with E-state index in [0.29, 0.717) is 24.4 Å². The first kappa shape index (κ1) is 18.3. The summed E-state index contributed by atoms with van der Waals surface area (Å²) < 4.78 is 6.37. The molecule has 1 aromatic carbocycles. The number of carbonyl (C=O) groups excluding carboxylic acids is 1. The molecular formula is C22H32O3. The van der Waals surface area contributed by atoms with Gasteiger partial charge in [0.2, 0.25) is 0 Å². The van der Waals surface area contributed by atoms with Crippen molar-refractivity contribution in [2.24, 2.45) is 5.92 Å². The number of ether oxygens (including phenoxy) is 1. The Bertz CT molecular complexity index is 672. The predicted octanol–water partition coefficient (Wildman–Crippen LogP) is 5.48. The largest absolute Gasteiger partial charge is 0.508 e. The van der Waals surface area contributed by atoms with Crippen LogP contribution < -0.4 is 4.74 Å². The maximum Gasteiger partial charge on any atom is 0.133 e. The minimum Gasteiger partial charge on any atom is -0.508 e. The molecule has 1 heterocycles. The lowest BCUT2D eigenvalue weighted by Crippen LogP contribution is -2.47. The quantitative estimate of drug-likeness (QED) is 0.786. The molecule has 0 spiro atoms. The van der Waals surface area contributed by atoms with Gasteiger partial charge in [-0.25, -0.2) is 0 Å². The third-order valence-corrected chi connectivity index (χ3v) is 6.36.